The lowest BCUT2D eigenvalue weighted by atomic mass is 10.1. The Labute approximate surface area is 232 Å². The summed E-state index contributed by atoms with van der Waals surface area (Å²) in [5.41, 5.74) is 2.18. The normalized spacial score (nSPS) is 11.9. The van der Waals surface area contributed by atoms with Crippen LogP contribution in [0.25, 0.3) is 0 Å². The van der Waals surface area contributed by atoms with Crippen LogP contribution in [0.2, 0.25) is 0 Å². The highest BCUT2D eigenvalue weighted by Crippen LogP contribution is 2.27. The lowest BCUT2D eigenvalue weighted by Crippen LogP contribution is -2.50. The molecule has 10 heteroatoms. The molecule has 0 aliphatic rings. The Morgan fingerprint density at radius 3 is 2.13 bits per heavy atom. The van der Waals surface area contributed by atoms with Gasteiger partial charge in [0.1, 0.15) is 18.3 Å². The van der Waals surface area contributed by atoms with Crippen molar-refractivity contribution in [3.8, 4) is 5.75 Å². The number of benzene rings is 3. The molecule has 202 valence electrons. The highest BCUT2D eigenvalue weighted by Gasteiger charge is 2.32. The number of carbonyl (C=O) groups excluding carboxylic acids is 2. The summed E-state index contributed by atoms with van der Waals surface area (Å²) in [6, 6.07) is 19.5. The molecule has 0 saturated carbocycles. The van der Waals surface area contributed by atoms with Crippen LogP contribution in [-0.2, 0) is 26.2 Å². The minimum absolute atomic E-state index is 0.0341. The van der Waals surface area contributed by atoms with Crippen molar-refractivity contribution in [3.63, 3.8) is 0 Å². The number of hydrogen-bond acceptors (Lipinski definition) is 5. The van der Waals surface area contributed by atoms with Crippen molar-refractivity contribution < 1.29 is 22.7 Å². The maximum absolute atomic E-state index is 13.8. The molecule has 0 fully saturated rings. The minimum Gasteiger partial charge on any atom is -0.494 e. The topological polar surface area (TPSA) is 96.0 Å². The number of halogens is 1. The molecule has 0 aliphatic carbocycles. The Kier molecular flexibility index (Phi) is 9.93. The Bertz CT molecular complexity index is 1340. The van der Waals surface area contributed by atoms with Gasteiger partial charge in [-0.15, -0.1) is 0 Å². The molecule has 0 spiro atoms. The average molecular weight is 603 g/mol. The van der Waals surface area contributed by atoms with E-state index in [-0.39, 0.29) is 17.3 Å². The summed E-state index contributed by atoms with van der Waals surface area (Å²) in [6.45, 7) is 5.54. The number of rotatable bonds is 11. The molecule has 0 unspecified atom stereocenters. The number of nitrogens with one attached hydrogen (secondary N) is 1. The van der Waals surface area contributed by atoms with E-state index in [1.807, 2.05) is 38.1 Å². The van der Waals surface area contributed by atoms with E-state index >= 15 is 0 Å². The first-order valence-corrected chi connectivity index (χ1v) is 14.4. The number of anilines is 1. The zero-order valence-corrected chi connectivity index (χ0v) is 24.3. The van der Waals surface area contributed by atoms with Crippen molar-refractivity contribution >= 4 is 43.5 Å². The third-order valence-electron chi connectivity index (χ3n) is 6.00. The van der Waals surface area contributed by atoms with Crippen molar-refractivity contribution in [3.05, 3.63) is 88.4 Å². The second-order valence-electron chi connectivity index (χ2n) is 8.69. The van der Waals surface area contributed by atoms with Gasteiger partial charge in [0.2, 0.25) is 11.8 Å². The Morgan fingerprint density at radius 1 is 0.974 bits per heavy atom. The van der Waals surface area contributed by atoms with Gasteiger partial charge in [-0.05, 0) is 74.9 Å². The first-order valence-electron chi connectivity index (χ1n) is 12.1. The van der Waals surface area contributed by atoms with E-state index in [1.165, 1.54) is 24.1 Å². The van der Waals surface area contributed by atoms with Crippen molar-refractivity contribution in [2.75, 3.05) is 24.5 Å². The fraction of sp³-hybridized carbons (Fsp3) is 0.286. The van der Waals surface area contributed by atoms with Crippen LogP contribution >= 0.6 is 15.9 Å². The lowest BCUT2D eigenvalue weighted by Gasteiger charge is -2.31. The van der Waals surface area contributed by atoms with Crippen molar-refractivity contribution in [2.24, 2.45) is 0 Å². The van der Waals surface area contributed by atoms with E-state index in [9.17, 15) is 18.0 Å². The number of nitrogens with zero attached hydrogens (tertiary/aromatic N) is 2. The molecule has 0 aromatic heterocycles. The van der Waals surface area contributed by atoms with Crippen molar-refractivity contribution in [1.82, 2.24) is 10.2 Å². The number of aryl methyl sites for hydroxylation is 1. The lowest BCUT2D eigenvalue weighted by molar-refractivity contribution is -0.139. The molecule has 1 atom stereocenters. The number of likely N-dealkylation sites (N-methyl/N-ethyl adjacent to an activating group) is 1. The van der Waals surface area contributed by atoms with Crippen LogP contribution < -0.4 is 14.4 Å². The van der Waals surface area contributed by atoms with Crippen LogP contribution in [0.3, 0.4) is 0 Å². The summed E-state index contributed by atoms with van der Waals surface area (Å²) in [4.78, 5) is 27.7. The van der Waals surface area contributed by atoms with Crippen LogP contribution in [0.15, 0.2) is 82.2 Å². The maximum atomic E-state index is 13.8. The largest absolute Gasteiger partial charge is 0.494 e. The number of amides is 2. The summed E-state index contributed by atoms with van der Waals surface area (Å²) in [5.74, 6) is -0.289. The fourth-order valence-corrected chi connectivity index (χ4v) is 5.50. The van der Waals surface area contributed by atoms with Gasteiger partial charge in [0.05, 0.1) is 17.2 Å². The van der Waals surface area contributed by atoms with Crippen LogP contribution in [0.4, 0.5) is 5.69 Å². The minimum atomic E-state index is -4.13. The van der Waals surface area contributed by atoms with Crippen molar-refractivity contribution in [1.29, 1.82) is 0 Å². The van der Waals surface area contributed by atoms with Gasteiger partial charge in [0.25, 0.3) is 10.0 Å². The molecular weight excluding hydrogens is 570 g/mol. The van der Waals surface area contributed by atoms with Gasteiger partial charge in [-0.1, -0.05) is 45.8 Å². The van der Waals surface area contributed by atoms with Crippen LogP contribution in [0.5, 0.6) is 5.75 Å². The van der Waals surface area contributed by atoms with E-state index in [0.29, 0.717) is 18.0 Å². The number of ether oxygens (including phenoxy) is 1. The van der Waals surface area contributed by atoms with Crippen LogP contribution in [0.1, 0.15) is 25.0 Å². The second kappa shape index (κ2) is 12.9. The van der Waals surface area contributed by atoms with Gasteiger partial charge >= 0.3 is 0 Å². The second-order valence-corrected chi connectivity index (χ2v) is 11.5. The average Bonchev–Trinajstić information content (AvgIpc) is 2.91. The zero-order chi connectivity index (χ0) is 27.9. The summed E-state index contributed by atoms with van der Waals surface area (Å²) < 4.78 is 34.9. The van der Waals surface area contributed by atoms with Gasteiger partial charge in [-0.25, -0.2) is 8.42 Å². The molecule has 3 aromatic carbocycles. The zero-order valence-electron chi connectivity index (χ0n) is 21.8. The molecule has 0 aliphatic heterocycles. The smallest absolute Gasteiger partial charge is 0.264 e. The van der Waals surface area contributed by atoms with E-state index in [1.54, 1.807) is 43.3 Å². The maximum Gasteiger partial charge on any atom is 0.264 e. The third-order valence-corrected chi connectivity index (χ3v) is 8.32. The number of sulfonamides is 1. The van der Waals surface area contributed by atoms with E-state index in [0.717, 1.165) is 19.9 Å². The first kappa shape index (κ1) is 29.2. The van der Waals surface area contributed by atoms with Gasteiger partial charge in [-0.2, -0.15) is 0 Å². The molecule has 0 heterocycles. The van der Waals surface area contributed by atoms with Crippen molar-refractivity contribution in [2.45, 2.75) is 38.3 Å². The molecule has 8 nitrogen and oxygen atoms in total. The van der Waals surface area contributed by atoms with Gasteiger partial charge in [0.15, 0.2) is 0 Å². The van der Waals surface area contributed by atoms with Gasteiger partial charge in [0, 0.05) is 18.1 Å². The molecule has 3 aromatic rings. The predicted molar refractivity (Wildman–Crippen MR) is 152 cm³/mol. The van der Waals surface area contributed by atoms with Crippen LogP contribution in [-0.4, -0.2) is 51.4 Å². The molecule has 0 bridgehead atoms. The summed E-state index contributed by atoms with van der Waals surface area (Å²) >= 11 is 3.33. The molecule has 1 N–H and O–H groups in total. The van der Waals surface area contributed by atoms with E-state index < -0.39 is 28.5 Å². The quantitative estimate of drug-likeness (QED) is 0.349. The Balaban J connectivity index is 2.02. The summed E-state index contributed by atoms with van der Waals surface area (Å²) in [6.07, 6.45) is 0. The molecule has 0 radical (unpaired) electrons. The Morgan fingerprint density at radius 2 is 1.58 bits per heavy atom. The van der Waals surface area contributed by atoms with Crippen LogP contribution in [0, 0.1) is 6.92 Å². The third kappa shape index (κ3) is 7.14. The molecule has 2 amide bonds. The number of carbonyl (C=O) groups is 2. The molecule has 0 saturated heterocycles. The molecular formula is C28H32BrN3O5S. The molecule has 38 heavy (non-hydrogen) atoms. The summed E-state index contributed by atoms with van der Waals surface area (Å²) in [7, 11) is -2.63. The standard InChI is InChI=1S/C28H32BrN3O5S/c1-5-37-25-14-12-24(13-15-25)32(38(35,36)26-16-10-23(29)11-17-26)19-27(33)31(21(3)28(34)30-4)18-22-8-6-20(2)7-9-22/h6-17,21H,5,18-19H2,1-4H3,(H,30,34)/t21-/m1/s1. The number of hydrogen-bond donors (Lipinski definition) is 1. The monoisotopic (exact) mass is 601 g/mol. The van der Waals surface area contributed by atoms with Gasteiger partial charge < -0.3 is 15.0 Å². The SMILES string of the molecule is CCOc1ccc(N(CC(=O)N(Cc2ccc(C)cc2)[C@H](C)C(=O)NC)S(=O)(=O)c2ccc(Br)cc2)cc1. The highest BCUT2D eigenvalue weighted by atomic mass is 79.9. The van der Waals surface area contributed by atoms with Gasteiger partial charge in [-0.3, -0.25) is 13.9 Å². The fourth-order valence-electron chi connectivity index (χ4n) is 3.82. The predicted octanol–water partition coefficient (Wildman–Crippen LogP) is 4.51. The highest BCUT2D eigenvalue weighted by molar-refractivity contribution is 9.10. The Hall–Kier alpha value is -3.37. The summed E-state index contributed by atoms with van der Waals surface area (Å²) in [5, 5.41) is 2.58. The van der Waals surface area contributed by atoms with E-state index in [2.05, 4.69) is 21.2 Å². The molecule has 3 rings (SSSR count). The van der Waals surface area contributed by atoms with E-state index in [4.69, 9.17) is 4.74 Å². The first-order chi connectivity index (χ1) is 18.1.